The van der Waals surface area contributed by atoms with E-state index in [2.05, 4.69) is 54.6 Å². The van der Waals surface area contributed by atoms with Crippen LogP contribution in [0.25, 0.3) is 0 Å². The van der Waals surface area contributed by atoms with Crippen LogP contribution in [0.2, 0.25) is 5.02 Å². The molecule has 1 aromatic carbocycles. The van der Waals surface area contributed by atoms with Gasteiger partial charge < -0.3 is 30.1 Å². The molecule has 0 aliphatic carbocycles. The van der Waals surface area contributed by atoms with E-state index < -0.39 is 0 Å². The second kappa shape index (κ2) is 11.0. The normalized spacial score (nSPS) is 14.2. The van der Waals surface area contributed by atoms with Gasteiger partial charge in [-0.15, -0.1) is 0 Å². The van der Waals surface area contributed by atoms with Gasteiger partial charge in [0.25, 0.3) is 0 Å². The molecule has 1 fully saturated rings. The number of pyridine rings is 1. The summed E-state index contributed by atoms with van der Waals surface area (Å²) >= 11 is 6.42. The Kier molecular flexibility index (Phi) is 7.77. The van der Waals surface area contributed by atoms with Crippen LogP contribution >= 0.6 is 11.6 Å². The number of anilines is 6. The molecular weight excluding hydrogens is 464 g/mol. The van der Waals surface area contributed by atoms with Crippen LogP contribution in [0.15, 0.2) is 42.7 Å². The monoisotopic (exact) mass is 496 g/mol. The molecule has 0 bridgehead atoms. The van der Waals surface area contributed by atoms with Crippen LogP contribution in [0.3, 0.4) is 0 Å². The second-order valence-electron chi connectivity index (χ2n) is 9.05. The SMILES string of the molecule is CC(C)Oc1cc(N2CCN(C)CC2)ccc1Nc1ncc(Cl)c(Nc2cccnc2N(C)C)n1. The van der Waals surface area contributed by atoms with Gasteiger partial charge in [0.05, 0.1) is 23.7 Å². The van der Waals surface area contributed by atoms with Crippen molar-refractivity contribution >= 4 is 46.2 Å². The maximum atomic E-state index is 6.42. The number of aromatic nitrogens is 3. The lowest BCUT2D eigenvalue weighted by Gasteiger charge is -2.34. The highest BCUT2D eigenvalue weighted by Gasteiger charge is 2.18. The van der Waals surface area contributed by atoms with Crippen LogP contribution in [0, 0.1) is 0 Å². The Morgan fingerprint density at radius 1 is 1.03 bits per heavy atom. The predicted octanol–water partition coefficient (Wildman–Crippen LogP) is 4.62. The van der Waals surface area contributed by atoms with Crippen molar-refractivity contribution in [3.8, 4) is 5.75 Å². The Morgan fingerprint density at radius 3 is 2.51 bits per heavy atom. The number of piperazine rings is 1. The summed E-state index contributed by atoms with van der Waals surface area (Å²) in [6, 6.07) is 10.00. The van der Waals surface area contributed by atoms with Crippen LogP contribution in [-0.2, 0) is 0 Å². The number of rotatable bonds is 8. The Morgan fingerprint density at radius 2 is 1.80 bits per heavy atom. The fourth-order valence-corrected chi connectivity index (χ4v) is 3.98. The Bertz CT molecular complexity index is 1150. The highest BCUT2D eigenvalue weighted by Crippen LogP contribution is 2.34. The van der Waals surface area contributed by atoms with Gasteiger partial charge in [0, 0.05) is 58.2 Å². The minimum absolute atomic E-state index is 0.0247. The fraction of sp³-hybridized carbons (Fsp3) is 0.400. The molecule has 186 valence electrons. The van der Waals surface area contributed by atoms with Gasteiger partial charge in [-0.1, -0.05) is 11.6 Å². The number of nitrogens with one attached hydrogen (secondary N) is 2. The minimum Gasteiger partial charge on any atom is -0.489 e. The summed E-state index contributed by atoms with van der Waals surface area (Å²) in [7, 11) is 6.02. The number of ether oxygens (including phenoxy) is 1. The van der Waals surface area contributed by atoms with Crippen LogP contribution < -0.4 is 25.2 Å². The quantitative estimate of drug-likeness (QED) is 0.464. The van der Waals surface area contributed by atoms with Gasteiger partial charge in [0.15, 0.2) is 11.6 Å². The molecule has 0 radical (unpaired) electrons. The number of halogens is 1. The Hall–Kier alpha value is -3.30. The summed E-state index contributed by atoms with van der Waals surface area (Å²) in [6.45, 7) is 8.10. The van der Waals surface area contributed by atoms with E-state index >= 15 is 0 Å². The number of nitrogens with zero attached hydrogens (tertiary/aromatic N) is 6. The number of benzene rings is 1. The smallest absolute Gasteiger partial charge is 0.229 e. The molecule has 2 N–H and O–H groups in total. The van der Waals surface area contributed by atoms with E-state index in [0.717, 1.165) is 54.8 Å². The van der Waals surface area contributed by atoms with Crippen molar-refractivity contribution in [2.45, 2.75) is 20.0 Å². The number of hydrogen-bond acceptors (Lipinski definition) is 9. The van der Waals surface area contributed by atoms with Gasteiger partial charge in [0.1, 0.15) is 10.8 Å². The van der Waals surface area contributed by atoms with Gasteiger partial charge in [-0.2, -0.15) is 4.98 Å². The lowest BCUT2D eigenvalue weighted by molar-refractivity contribution is 0.243. The standard InChI is InChI=1S/C25H33ClN8O/c1-17(2)35-22-15-18(34-13-11-33(5)12-14-34)8-9-20(22)30-25-28-16-19(26)23(31-25)29-21-7-6-10-27-24(21)32(3)4/h6-10,15-17H,11-14H2,1-5H3,(H2,28,29,30,31). The summed E-state index contributed by atoms with van der Waals surface area (Å²) in [5, 5.41) is 7.00. The number of likely N-dealkylation sites (N-methyl/N-ethyl adjacent to an activating group) is 1. The van der Waals surface area contributed by atoms with Gasteiger partial charge in [-0.05, 0) is 45.2 Å². The summed E-state index contributed by atoms with van der Waals surface area (Å²) in [4.78, 5) is 20.1. The van der Waals surface area contributed by atoms with E-state index in [1.165, 1.54) is 0 Å². The Balaban J connectivity index is 1.58. The minimum atomic E-state index is 0.0247. The van der Waals surface area contributed by atoms with Crippen molar-refractivity contribution in [3.05, 3.63) is 47.7 Å². The Labute approximate surface area is 212 Å². The number of hydrogen-bond donors (Lipinski definition) is 2. The third-order valence-corrected chi connectivity index (χ3v) is 5.93. The summed E-state index contributed by atoms with van der Waals surface area (Å²) in [6.07, 6.45) is 3.35. The molecule has 3 aromatic rings. The van der Waals surface area contributed by atoms with Crippen LogP contribution in [-0.4, -0.2) is 73.3 Å². The molecule has 1 aliphatic rings. The molecule has 9 nitrogen and oxygen atoms in total. The average molecular weight is 497 g/mol. The van der Waals surface area contributed by atoms with E-state index in [1.54, 1.807) is 12.4 Å². The zero-order valence-electron chi connectivity index (χ0n) is 20.9. The zero-order chi connectivity index (χ0) is 24.9. The molecule has 4 rings (SSSR count). The molecule has 0 unspecified atom stereocenters. The van der Waals surface area contributed by atoms with E-state index in [0.29, 0.717) is 16.8 Å². The molecule has 0 amide bonds. The molecule has 0 spiro atoms. The molecule has 0 saturated carbocycles. The van der Waals surface area contributed by atoms with Gasteiger partial charge in [-0.3, -0.25) is 0 Å². The van der Waals surface area contributed by atoms with Gasteiger partial charge in [0.2, 0.25) is 5.95 Å². The van der Waals surface area contributed by atoms with Crippen molar-refractivity contribution in [1.82, 2.24) is 19.9 Å². The maximum Gasteiger partial charge on any atom is 0.229 e. The van der Waals surface area contributed by atoms with E-state index in [1.807, 2.05) is 51.0 Å². The zero-order valence-corrected chi connectivity index (χ0v) is 21.7. The van der Waals surface area contributed by atoms with E-state index in [-0.39, 0.29) is 6.10 Å². The van der Waals surface area contributed by atoms with Crippen molar-refractivity contribution in [3.63, 3.8) is 0 Å². The van der Waals surface area contributed by atoms with Gasteiger partial charge >= 0.3 is 0 Å². The molecule has 1 aliphatic heterocycles. The van der Waals surface area contributed by atoms with Crippen molar-refractivity contribution in [1.29, 1.82) is 0 Å². The van der Waals surface area contributed by atoms with Gasteiger partial charge in [-0.25, -0.2) is 9.97 Å². The summed E-state index contributed by atoms with van der Waals surface area (Å²) in [5.41, 5.74) is 2.73. The van der Waals surface area contributed by atoms with Crippen molar-refractivity contribution in [2.75, 3.05) is 67.8 Å². The third kappa shape index (κ3) is 6.23. The fourth-order valence-electron chi connectivity index (χ4n) is 3.84. The summed E-state index contributed by atoms with van der Waals surface area (Å²) in [5.74, 6) is 2.43. The molecule has 10 heteroatoms. The van der Waals surface area contributed by atoms with Crippen molar-refractivity contribution < 1.29 is 4.74 Å². The lowest BCUT2D eigenvalue weighted by Crippen LogP contribution is -2.44. The highest BCUT2D eigenvalue weighted by atomic mass is 35.5. The average Bonchev–Trinajstić information content (AvgIpc) is 2.82. The summed E-state index contributed by atoms with van der Waals surface area (Å²) < 4.78 is 6.15. The van der Waals surface area contributed by atoms with Crippen LogP contribution in [0.4, 0.5) is 34.6 Å². The van der Waals surface area contributed by atoms with Crippen LogP contribution in [0.5, 0.6) is 5.75 Å². The lowest BCUT2D eigenvalue weighted by atomic mass is 10.2. The first-order chi connectivity index (χ1) is 16.8. The van der Waals surface area contributed by atoms with E-state index in [4.69, 9.17) is 16.3 Å². The molecule has 1 saturated heterocycles. The highest BCUT2D eigenvalue weighted by molar-refractivity contribution is 6.33. The molecule has 35 heavy (non-hydrogen) atoms. The maximum absolute atomic E-state index is 6.42. The molecular formula is C25H33ClN8O. The predicted molar refractivity (Wildman–Crippen MR) is 144 cm³/mol. The van der Waals surface area contributed by atoms with E-state index in [9.17, 15) is 0 Å². The largest absolute Gasteiger partial charge is 0.489 e. The first-order valence-corrected chi connectivity index (χ1v) is 12.1. The molecule has 0 atom stereocenters. The first-order valence-electron chi connectivity index (χ1n) is 11.7. The first kappa shape index (κ1) is 24.8. The molecule has 2 aromatic heterocycles. The molecule has 3 heterocycles. The topological polar surface area (TPSA) is 81.7 Å². The van der Waals surface area contributed by atoms with Crippen LogP contribution in [0.1, 0.15) is 13.8 Å². The van der Waals surface area contributed by atoms with Crippen molar-refractivity contribution in [2.24, 2.45) is 0 Å². The third-order valence-electron chi connectivity index (χ3n) is 5.65. The second-order valence-corrected chi connectivity index (χ2v) is 9.45.